The largest absolute Gasteiger partial charge is 0.490 e. The first-order chi connectivity index (χ1) is 8.81. The van der Waals surface area contributed by atoms with Gasteiger partial charge in [0.1, 0.15) is 0 Å². The third kappa shape index (κ3) is 5.13. The summed E-state index contributed by atoms with van der Waals surface area (Å²) in [5.74, 6) is 1.86. The molecule has 0 saturated carbocycles. The molecule has 3 nitrogen and oxygen atoms in total. The molecule has 0 aliphatic rings. The second-order valence-corrected chi connectivity index (χ2v) is 4.43. The van der Waals surface area contributed by atoms with Crippen LogP contribution in [0.3, 0.4) is 0 Å². The standard InChI is InChI=1S/C14H22ClNO2/c1-3-5-7-17-13-9-12(10-15)16-11-14(13)18-8-6-4-2/h9,11H,3-8,10H2,1-2H3. The first kappa shape index (κ1) is 15.1. The average molecular weight is 272 g/mol. The van der Waals surface area contributed by atoms with Crippen molar-refractivity contribution < 1.29 is 9.47 Å². The number of halogens is 1. The van der Waals surface area contributed by atoms with E-state index < -0.39 is 0 Å². The Morgan fingerprint density at radius 1 is 1.06 bits per heavy atom. The minimum absolute atomic E-state index is 0.388. The van der Waals surface area contributed by atoms with E-state index in [1.54, 1.807) is 6.20 Å². The van der Waals surface area contributed by atoms with Crippen molar-refractivity contribution in [2.24, 2.45) is 0 Å². The molecule has 0 unspecified atom stereocenters. The molecule has 0 bridgehead atoms. The summed E-state index contributed by atoms with van der Waals surface area (Å²) in [6, 6.07) is 1.87. The lowest BCUT2D eigenvalue weighted by Crippen LogP contribution is -2.03. The zero-order valence-corrected chi connectivity index (χ0v) is 12.0. The van der Waals surface area contributed by atoms with Crippen LogP contribution in [0.2, 0.25) is 0 Å². The number of alkyl halides is 1. The van der Waals surface area contributed by atoms with E-state index in [0.29, 0.717) is 24.8 Å². The molecule has 18 heavy (non-hydrogen) atoms. The molecule has 1 aromatic rings. The Balaban J connectivity index is 2.66. The highest BCUT2D eigenvalue weighted by atomic mass is 35.5. The summed E-state index contributed by atoms with van der Waals surface area (Å²) in [5.41, 5.74) is 0.811. The lowest BCUT2D eigenvalue weighted by atomic mass is 10.3. The van der Waals surface area contributed by atoms with Crippen LogP contribution in [-0.2, 0) is 5.88 Å². The van der Waals surface area contributed by atoms with Gasteiger partial charge in [0.25, 0.3) is 0 Å². The zero-order chi connectivity index (χ0) is 13.2. The normalized spacial score (nSPS) is 10.4. The molecule has 102 valence electrons. The Labute approximate surface area is 114 Å². The summed E-state index contributed by atoms with van der Waals surface area (Å²) >= 11 is 5.78. The summed E-state index contributed by atoms with van der Waals surface area (Å²) in [4.78, 5) is 4.23. The number of aromatic nitrogens is 1. The van der Waals surface area contributed by atoms with Crippen molar-refractivity contribution in [1.29, 1.82) is 0 Å². The van der Waals surface area contributed by atoms with E-state index in [0.717, 1.165) is 37.1 Å². The lowest BCUT2D eigenvalue weighted by molar-refractivity contribution is 0.260. The van der Waals surface area contributed by atoms with Gasteiger partial charge in [0, 0.05) is 6.07 Å². The molecule has 0 N–H and O–H groups in total. The molecule has 0 spiro atoms. The van der Waals surface area contributed by atoms with Gasteiger partial charge in [0.2, 0.25) is 0 Å². The molecule has 1 rings (SSSR count). The molecule has 0 fully saturated rings. The smallest absolute Gasteiger partial charge is 0.179 e. The van der Waals surface area contributed by atoms with E-state index in [1.165, 1.54) is 0 Å². The van der Waals surface area contributed by atoms with Gasteiger partial charge in [0.15, 0.2) is 11.5 Å². The highest BCUT2D eigenvalue weighted by Gasteiger charge is 2.07. The van der Waals surface area contributed by atoms with Crippen LogP contribution in [0.15, 0.2) is 12.3 Å². The molecule has 0 amide bonds. The van der Waals surface area contributed by atoms with Crippen molar-refractivity contribution in [3.63, 3.8) is 0 Å². The maximum Gasteiger partial charge on any atom is 0.179 e. The van der Waals surface area contributed by atoms with Gasteiger partial charge in [0.05, 0.1) is 31.0 Å². The number of unbranched alkanes of at least 4 members (excludes halogenated alkanes) is 2. The van der Waals surface area contributed by atoms with Gasteiger partial charge in [-0.15, -0.1) is 11.6 Å². The molecule has 1 heterocycles. The van der Waals surface area contributed by atoms with Crippen molar-refractivity contribution in [3.8, 4) is 11.5 Å². The Morgan fingerprint density at radius 2 is 1.67 bits per heavy atom. The van der Waals surface area contributed by atoms with Gasteiger partial charge in [-0.3, -0.25) is 4.98 Å². The highest BCUT2D eigenvalue weighted by molar-refractivity contribution is 6.16. The SMILES string of the molecule is CCCCOc1cnc(CCl)cc1OCCCC. The Morgan fingerprint density at radius 3 is 2.22 bits per heavy atom. The van der Waals surface area contributed by atoms with Crippen LogP contribution >= 0.6 is 11.6 Å². The zero-order valence-electron chi connectivity index (χ0n) is 11.2. The Hall–Kier alpha value is -0.960. The molecule has 0 radical (unpaired) electrons. The molecule has 0 atom stereocenters. The van der Waals surface area contributed by atoms with E-state index in [1.807, 2.05) is 6.07 Å². The molecule has 0 aliphatic carbocycles. The monoisotopic (exact) mass is 271 g/mol. The third-order valence-corrected chi connectivity index (χ3v) is 2.81. The second kappa shape index (κ2) is 9.03. The van der Waals surface area contributed by atoms with Crippen LogP contribution in [0.25, 0.3) is 0 Å². The number of hydrogen-bond donors (Lipinski definition) is 0. The highest BCUT2D eigenvalue weighted by Crippen LogP contribution is 2.27. The number of rotatable bonds is 9. The molecule has 0 aromatic carbocycles. The maximum atomic E-state index is 5.78. The maximum absolute atomic E-state index is 5.78. The van der Waals surface area contributed by atoms with Crippen molar-refractivity contribution in [1.82, 2.24) is 4.98 Å². The quantitative estimate of drug-likeness (QED) is 0.499. The van der Waals surface area contributed by atoms with Gasteiger partial charge in [-0.25, -0.2) is 0 Å². The molecular formula is C14H22ClNO2. The summed E-state index contributed by atoms with van der Waals surface area (Å²) in [7, 11) is 0. The summed E-state index contributed by atoms with van der Waals surface area (Å²) in [6.07, 6.45) is 5.99. The predicted molar refractivity (Wildman–Crippen MR) is 74.6 cm³/mol. The van der Waals surface area contributed by atoms with Gasteiger partial charge < -0.3 is 9.47 Å². The summed E-state index contributed by atoms with van der Waals surface area (Å²) in [5, 5.41) is 0. The van der Waals surface area contributed by atoms with Crippen LogP contribution < -0.4 is 9.47 Å². The second-order valence-electron chi connectivity index (χ2n) is 4.16. The van der Waals surface area contributed by atoms with E-state index >= 15 is 0 Å². The van der Waals surface area contributed by atoms with Crippen molar-refractivity contribution in [2.75, 3.05) is 13.2 Å². The average Bonchev–Trinajstić information content (AvgIpc) is 2.40. The number of pyridine rings is 1. The number of nitrogens with zero attached hydrogens (tertiary/aromatic N) is 1. The summed E-state index contributed by atoms with van der Waals surface area (Å²) in [6.45, 7) is 5.67. The third-order valence-electron chi connectivity index (χ3n) is 2.54. The van der Waals surface area contributed by atoms with E-state index in [4.69, 9.17) is 21.1 Å². The van der Waals surface area contributed by atoms with Gasteiger partial charge in [-0.2, -0.15) is 0 Å². The Bertz CT molecular complexity index is 345. The van der Waals surface area contributed by atoms with Gasteiger partial charge >= 0.3 is 0 Å². The van der Waals surface area contributed by atoms with Crippen LogP contribution in [-0.4, -0.2) is 18.2 Å². The van der Waals surface area contributed by atoms with Gasteiger partial charge in [-0.1, -0.05) is 26.7 Å². The fourth-order valence-electron chi connectivity index (χ4n) is 1.41. The molecule has 1 aromatic heterocycles. The number of hydrogen-bond acceptors (Lipinski definition) is 3. The fraction of sp³-hybridized carbons (Fsp3) is 0.643. The van der Waals surface area contributed by atoms with Crippen LogP contribution in [0.4, 0.5) is 0 Å². The lowest BCUT2D eigenvalue weighted by Gasteiger charge is -2.12. The van der Waals surface area contributed by atoms with Crippen molar-refractivity contribution >= 4 is 11.6 Å². The van der Waals surface area contributed by atoms with Gasteiger partial charge in [-0.05, 0) is 12.8 Å². The van der Waals surface area contributed by atoms with Crippen molar-refractivity contribution in [3.05, 3.63) is 18.0 Å². The predicted octanol–water partition coefficient (Wildman–Crippen LogP) is 4.18. The molecule has 4 heteroatoms. The van der Waals surface area contributed by atoms with E-state index in [2.05, 4.69) is 18.8 Å². The van der Waals surface area contributed by atoms with Crippen LogP contribution in [0.5, 0.6) is 11.5 Å². The van der Waals surface area contributed by atoms with E-state index in [-0.39, 0.29) is 0 Å². The van der Waals surface area contributed by atoms with Crippen LogP contribution in [0.1, 0.15) is 45.2 Å². The molecular weight excluding hydrogens is 250 g/mol. The topological polar surface area (TPSA) is 31.4 Å². The Kier molecular flexibility index (Phi) is 7.58. The summed E-state index contributed by atoms with van der Waals surface area (Å²) < 4.78 is 11.4. The number of ether oxygens (including phenoxy) is 2. The minimum Gasteiger partial charge on any atom is -0.490 e. The fourth-order valence-corrected chi connectivity index (χ4v) is 1.56. The minimum atomic E-state index is 0.388. The first-order valence-corrected chi connectivity index (χ1v) is 7.15. The first-order valence-electron chi connectivity index (χ1n) is 6.62. The van der Waals surface area contributed by atoms with Crippen LogP contribution in [0, 0.1) is 0 Å². The molecule has 0 saturated heterocycles. The van der Waals surface area contributed by atoms with Crippen molar-refractivity contribution in [2.45, 2.75) is 45.4 Å². The van der Waals surface area contributed by atoms with E-state index in [9.17, 15) is 0 Å². The molecule has 0 aliphatic heterocycles.